The number of carbonyl (C=O) groups is 1. The molecule has 92 valence electrons. The van der Waals surface area contributed by atoms with Gasteiger partial charge in [0.05, 0.1) is 5.38 Å². The van der Waals surface area contributed by atoms with E-state index in [-0.39, 0.29) is 11.8 Å². The molecular formula is C14H18ClNO. The molecule has 0 fully saturated rings. The van der Waals surface area contributed by atoms with Crippen molar-refractivity contribution in [2.45, 2.75) is 45.5 Å². The second kappa shape index (κ2) is 5.42. The standard InChI is InChI=1S/C14H18ClNO/c1-6-7-9(2)16-10(3)8-13(12(16)5)14(17)11(4)15/h1,8-9,11H,7H2,2-5H3. The quantitative estimate of drug-likeness (QED) is 0.456. The number of hydrogen-bond donors (Lipinski definition) is 0. The molecular weight excluding hydrogens is 234 g/mol. The van der Waals surface area contributed by atoms with Crippen molar-refractivity contribution in [2.75, 3.05) is 0 Å². The minimum absolute atomic E-state index is 0.0288. The molecule has 0 radical (unpaired) electrons. The van der Waals surface area contributed by atoms with E-state index >= 15 is 0 Å². The summed E-state index contributed by atoms with van der Waals surface area (Å²) in [6, 6.07) is 2.09. The van der Waals surface area contributed by atoms with Crippen LogP contribution >= 0.6 is 11.6 Å². The number of hydrogen-bond acceptors (Lipinski definition) is 1. The first-order valence-corrected chi connectivity index (χ1v) is 6.14. The topological polar surface area (TPSA) is 22.0 Å². The summed E-state index contributed by atoms with van der Waals surface area (Å²) in [6.45, 7) is 7.67. The van der Waals surface area contributed by atoms with Crippen LogP contribution in [0.1, 0.15) is 48.1 Å². The first-order valence-electron chi connectivity index (χ1n) is 5.70. The monoisotopic (exact) mass is 251 g/mol. The van der Waals surface area contributed by atoms with Gasteiger partial charge in [-0.1, -0.05) is 0 Å². The number of nitrogens with zero attached hydrogens (tertiary/aromatic N) is 1. The van der Waals surface area contributed by atoms with Crippen molar-refractivity contribution in [1.82, 2.24) is 4.57 Å². The van der Waals surface area contributed by atoms with Gasteiger partial charge in [-0.15, -0.1) is 23.9 Å². The molecule has 17 heavy (non-hydrogen) atoms. The molecule has 1 aromatic heterocycles. The summed E-state index contributed by atoms with van der Waals surface area (Å²) in [5.41, 5.74) is 2.70. The van der Waals surface area contributed by atoms with Gasteiger partial charge < -0.3 is 4.57 Å². The van der Waals surface area contributed by atoms with Crippen LogP contribution in [-0.4, -0.2) is 15.7 Å². The molecule has 1 heterocycles. The third-order valence-electron chi connectivity index (χ3n) is 2.97. The number of rotatable bonds is 4. The van der Waals surface area contributed by atoms with Gasteiger partial charge in [-0.25, -0.2) is 0 Å². The van der Waals surface area contributed by atoms with E-state index in [1.807, 2.05) is 19.9 Å². The maximum atomic E-state index is 11.9. The van der Waals surface area contributed by atoms with E-state index in [2.05, 4.69) is 17.4 Å². The Hall–Kier alpha value is -1.20. The summed E-state index contributed by atoms with van der Waals surface area (Å²) in [7, 11) is 0. The van der Waals surface area contributed by atoms with Gasteiger partial charge in [0, 0.05) is 29.4 Å². The fourth-order valence-corrected chi connectivity index (χ4v) is 2.30. The molecule has 0 aromatic carbocycles. The molecule has 2 unspecified atom stereocenters. The van der Waals surface area contributed by atoms with Crippen molar-refractivity contribution < 1.29 is 4.79 Å². The average Bonchev–Trinajstić information content (AvgIpc) is 2.53. The summed E-state index contributed by atoms with van der Waals surface area (Å²) in [5.74, 6) is 2.62. The molecule has 0 N–H and O–H groups in total. The molecule has 1 aromatic rings. The lowest BCUT2D eigenvalue weighted by Gasteiger charge is -2.16. The first-order chi connectivity index (χ1) is 7.90. The predicted molar refractivity (Wildman–Crippen MR) is 71.7 cm³/mol. The molecule has 0 aliphatic heterocycles. The van der Waals surface area contributed by atoms with Gasteiger partial charge in [0.15, 0.2) is 5.78 Å². The van der Waals surface area contributed by atoms with Crippen LogP contribution < -0.4 is 0 Å². The van der Waals surface area contributed by atoms with E-state index < -0.39 is 5.38 Å². The van der Waals surface area contributed by atoms with Gasteiger partial charge in [-0.3, -0.25) is 4.79 Å². The van der Waals surface area contributed by atoms with Crippen LogP contribution in [0.4, 0.5) is 0 Å². The summed E-state index contributed by atoms with van der Waals surface area (Å²) in [4.78, 5) is 11.9. The van der Waals surface area contributed by atoms with E-state index in [9.17, 15) is 4.79 Å². The Morgan fingerprint density at radius 1 is 1.53 bits per heavy atom. The van der Waals surface area contributed by atoms with Crippen molar-refractivity contribution in [3.8, 4) is 12.3 Å². The number of Topliss-reactive ketones (excluding diaryl/α,β-unsaturated/α-hetero) is 1. The number of aromatic nitrogens is 1. The molecule has 2 nitrogen and oxygen atoms in total. The maximum absolute atomic E-state index is 11.9. The van der Waals surface area contributed by atoms with Crippen LogP contribution in [0, 0.1) is 26.2 Å². The second-order valence-electron chi connectivity index (χ2n) is 4.39. The van der Waals surface area contributed by atoms with Crippen LogP contribution in [0.15, 0.2) is 6.07 Å². The van der Waals surface area contributed by atoms with Crippen LogP contribution in [0.25, 0.3) is 0 Å². The van der Waals surface area contributed by atoms with Crippen molar-refractivity contribution >= 4 is 17.4 Å². The summed E-state index contributed by atoms with van der Waals surface area (Å²) in [6.07, 6.45) is 5.98. The van der Waals surface area contributed by atoms with Gasteiger partial charge >= 0.3 is 0 Å². The Morgan fingerprint density at radius 2 is 2.12 bits per heavy atom. The Labute approximate surface area is 108 Å². The number of aryl methyl sites for hydroxylation is 1. The molecule has 0 spiro atoms. The van der Waals surface area contributed by atoms with Crippen molar-refractivity contribution in [3.63, 3.8) is 0 Å². The predicted octanol–water partition coefficient (Wildman–Crippen LogP) is 3.50. The van der Waals surface area contributed by atoms with Crippen molar-refractivity contribution in [3.05, 3.63) is 23.0 Å². The number of alkyl halides is 1. The number of carbonyl (C=O) groups excluding carboxylic acids is 1. The van der Waals surface area contributed by atoms with E-state index in [4.69, 9.17) is 18.0 Å². The lowest BCUT2D eigenvalue weighted by molar-refractivity contribution is 0.0991. The van der Waals surface area contributed by atoms with Gasteiger partial charge in [-0.2, -0.15) is 0 Å². The lowest BCUT2D eigenvalue weighted by atomic mass is 10.1. The van der Waals surface area contributed by atoms with Gasteiger partial charge in [0.25, 0.3) is 0 Å². The van der Waals surface area contributed by atoms with Crippen LogP contribution in [-0.2, 0) is 0 Å². The highest BCUT2D eigenvalue weighted by molar-refractivity contribution is 6.33. The van der Waals surface area contributed by atoms with E-state index in [1.165, 1.54) is 0 Å². The SMILES string of the molecule is C#CCC(C)n1c(C)cc(C(=O)C(C)Cl)c1C. The minimum Gasteiger partial charge on any atom is -0.345 e. The fraction of sp³-hybridized carbons (Fsp3) is 0.500. The average molecular weight is 252 g/mol. The normalized spacial score (nSPS) is 14.1. The maximum Gasteiger partial charge on any atom is 0.182 e. The minimum atomic E-state index is -0.494. The largest absolute Gasteiger partial charge is 0.345 e. The van der Waals surface area contributed by atoms with Gasteiger partial charge in [-0.05, 0) is 33.8 Å². The zero-order valence-electron chi connectivity index (χ0n) is 10.7. The zero-order valence-corrected chi connectivity index (χ0v) is 11.5. The van der Waals surface area contributed by atoms with Crippen LogP contribution in [0.2, 0.25) is 0 Å². The zero-order chi connectivity index (χ0) is 13.2. The van der Waals surface area contributed by atoms with E-state index in [0.717, 1.165) is 11.4 Å². The molecule has 0 amide bonds. The first kappa shape index (κ1) is 13.9. The molecule has 0 bridgehead atoms. The molecule has 0 saturated heterocycles. The van der Waals surface area contributed by atoms with Crippen molar-refractivity contribution in [1.29, 1.82) is 0 Å². The van der Waals surface area contributed by atoms with E-state index in [0.29, 0.717) is 12.0 Å². The Kier molecular flexibility index (Phi) is 4.42. The third-order valence-corrected chi connectivity index (χ3v) is 3.16. The highest BCUT2D eigenvalue weighted by Gasteiger charge is 2.20. The Morgan fingerprint density at radius 3 is 2.59 bits per heavy atom. The fourth-order valence-electron chi connectivity index (χ4n) is 2.18. The third kappa shape index (κ3) is 2.73. The summed E-state index contributed by atoms with van der Waals surface area (Å²) >= 11 is 5.85. The van der Waals surface area contributed by atoms with Gasteiger partial charge in [0.1, 0.15) is 0 Å². The second-order valence-corrected chi connectivity index (χ2v) is 5.05. The highest BCUT2D eigenvalue weighted by Crippen LogP contribution is 2.23. The smallest absolute Gasteiger partial charge is 0.182 e. The number of terminal acetylenes is 1. The molecule has 0 saturated carbocycles. The van der Waals surface area contributed by atoms with Crippen LogP contribution in [0.3, 0.4) is 0 Å². The summed E-state index contributed by atoms with van der Waals surface area (Å²) in [5, 5.41) is -0.494. The molecule has 2 atom stereocenters. The van der Waals surface area contributed by atoms with E-state index in [1.54, 1.807) is 6.92 Å². The van der Waals surface area contributed by atoms with Crippen LogP contribution in [0.5, 0.6) is 0 Å². The van der Waals surface area contributed by atoms with Gasteiger partial charge in [0.2, 0.25) is 0 Å². The lowest BCUT2D eigenvalue weighted by Crippen LogP contribution is -2.13. The van der Waals surface area contributed by atoms with Crippen molar-refractivity contribution in [2.24, 2.45) is 0 Å². The molecule has 0 aliphatic rings. The highest BCUT2D eigenvalue weighted by atomic mass is 35.5. The Balaban J connectivity index is 3.19. The molecule has 3 heteroatoms. The number of halogens is 1. The summed E-state index contributed by atoms with van der Waals surface area (Å²) < 4.78 is 2.10. The Bertz CT molecular complexity index is 465. The molecule has 1 rings (SSSR count). The number of ketones is 1. The molecule has 0 aliphatic carbocycles.